The maximum Gasteiger partial charge on any atom is 0.255 e. The van der Waals surface area contributed by atoms with Crippen LogP contribution in [0.4, 0.5) is 5.69 Å². The molecule has 0 radical (unpaired) electrons. The topological polar surface area (TPSA) is 58.9 Å². The molecule has 6 heteroatoms. The summed E-state index contributed by atoms with van der Waals surface area (Å²) in [5.74, 6) is 0.0359. The van der Waals surface area contributed by atoms with Crippen molar-refractivity contribution in [3.8, 4) is 0 Å². The van der Waals surface area contributed by atoms with E-state index in [0.717, 1.165) is 22.7 Å². The van der Waals surface area contributed by atoms with E-state index >= 15 is 0 Å². The number of anilines is 1. The lowest BCUT2D eigenvalue weighted by molar-refractivity contribution is -0.0378. The molecule has 1 saturated heterocycles. The molecule has 158 valence electrons. The summed E-state index contributed by atoms with van der Waals surface area (Å²) in [5.41, 5.74) is 8.19. The van der Waals surface area contributed by atoms with Crippen LogP contribution in [0.3, 0.4) is 0 Å². The first kappa shape index (κ1) is 20.4. The summed E-state index contributed by atoms with van der Waals surface area (Å²) in [6.07, 6.45) is 2.06. The van der Waals surface area contributed by atoms with Crippen LogP contribution < -0.4 is 5.32 Å². The number of benzene rings is 1. The van der Waals surface area contributed by atoms with Crippen molar-refractivity contribution in [1.82, 2.24) is 14.3 Å². The molecule has 0 aliphatic carbocycles. The molecule has 1 aromatic carbocycles. The van der Waals surface area contributed by atoms with Gasteiger partial charge >= 0.3 is 0 Å². The van der Waals surface area contributed by atoms with E-state index in [1.165, 1.54) is 16.7 Å². The number of fused-ring (bicyclic) bond motifs is 1. The van der Waals surface area contributed by atoms with E-state index in [1.54, 1.807) is 0 Å². The Kier molecular flexibility index (Phi) is 5.52. The minimum absolute atomic E-state index is 0.0359. The Morgan fingerprint density at radius 1 is 1.20 bits per heavy atom. The van der Waals surface area contributed by atoms with Crippen LogP contribution in [0.15, 0.2) is 30.5 Å². The number of nitrogens with zero attached hydrogens (tertiary/aromatic N) is 3. The second-order valence-corrected chi connectivity index (χ2v) is 8.13. The summed E-state index contributed by atoms with van der Waals surface area (Å²) in [7, 11) is 0. The van der Waals surface area contributed by atoms with E-state index in [9.17, 15) is 4.79 Å². The monoisotopic (exact) mass is 406 g/mol. The summed E-state index contributed by atoms with van der Waals surface area (Å²) in [4.78, 5) is 19.7. The average Bonchev–Trinajstić information content (AvgIpc) is 2.98. The van der Waals surface area contributed by atoms with Crippen LogP contribution in [0.25, 0.3) is 5.65 Å². The van der Waals surface area contributed by atoms with Gasteiger partial charge in [0, 0.05) is 38.1 Å². The number of nitrogens with one attached hydrogen (secondary N) is 1. The zero-order valence-electron chi connectivity index (χ0n) is 18.5. The van der Waals surface area contributed by atoms with Crippen LogP contribution in [0.5, 0.6) is 0 Å². The van der Waals surface area contributed by atoms with Gasteiger partial charge in [-0.25, -0.2) is 4.98 Å². The largest absolute Gasteiger partial charge is 0.378 e. The standard InChI is InChI=1S/C24H30N4O2/c1-6-30-20-13-27(14-20)24(29)19-10-22(23-26-17(4)18(5)28(23)12-19)25-11-21-15(2)8-7-9-16(21)3/h7-10,12,20,25H,6,11,13-14H2,1-5H3. The van der Waals surface area contributed by atoms with Gasteiger partial charge in [0.2, 0.25) is 0 Å². The first-order valence-electron chi connectivity index (χ1n) is 10.6. The highest BCUT2D eigenvalue weighted by Gasteiger charge is 2.32. The van der Waals surface area contributed by atoms with Crippen molar-refractivity contribution >= 4 is 17.2 Å². The molecule has 1 N–H and O–H groups in total. The Bertz CT molecular complexity index is 1080. The van der Waals surface area contributed by atoms with Crippen LogP contribution in [0.1, 0.15) is 45.4 Å². The number of aromatic nitrogens is 2. The summed E-state index contributed by atoms with van der Waals surface area (Å²) in [6.45, 7) is 12.9. The fraction of sp³-hybridized carbons (Fsp3) is 0.417. The lowest BCUT2D eigenvalue weighted by atomic mass is 10.0. The van der Waals surface area contributed by atoms with Gasteiger partial charge in [-0.05, 0) is 57.4 Å². The smallest absolute Gasteiger partial charge is 0.255 e. The number of carbonyl (C=O) groups excluding carboxylic acids is 1. The molecule has 0 atom stereocenters. The van der Waals surface area contributed by atoms with Crippen molar-refractivity contribution in [2.75, 3.05) is 25.0 Å². The van der Waals surface area contributed by atoms with E-state index in [4.69, 9.17) is 9.72 Å². The summed E-state index contributed by atoms with van der Waals surface area (Å²) in [6, 6.07) is 8.27. The van der Waals surface area contributed by atoms with Crippen molar-refractivity contribution in [3.63, 3.8) is 0 Å². The Morgan fingerprint density at radius 3 is 2.57 bits per heavy atom. The zero-order valence-corrected chi connectivity index (χ0v) is 18.5. The Balaban J connectivity index is 1.65. The minimum atomic E-state index is 0.0359. The van der Waals surface area contributed by atoms with Gasteiger partial charge in [-0.15, -0.1) is 0 Å². The second-order valence-electron chi connectivity index (χ2n) is 8.13. The number of ether oxygens (including phenoxy) is 1. The van der Waals surface area contributed by atoms with Gasteiger partial charge in [0.25, 0.3) is 5.91 Å². The number of amides is 1. The third-order valence-corrected chi connectivity index (χ3v) is 6.08. The van der Waals surface area contributed by atoms with Crippen molar-refractivity contribution in [2.24, 2.45) is 0 Å². The number of imidazole rings is 1. The van der Waals surface area contributed by atoms with E-state index in [-0.39, 0.29) is 12.0 Å². The van der Waals surface area contributed by atoms with Crippen LogP contribution in [-0.2, 0) is 11.3 Å². The summed E-state index contributed by atoms with van der Waals surface area (Å²) < 4.78 is 7.62. The fourth-order valence-electron chi connectivity index (χ4n) is 4.06. The maximum atomic E-state index is 13.1. The average molecular weight is 407 g/mol. The molecule has 30 heavy (non-hydrogen) atoms. The van der Waals surface area contributed by atoms with Crippen LogP contribution in [-0.4, -0.2) is 46.0 Å². The highest BCUT2D eigenvalue weighted by Crippen LogP contribution is 2.25. The van der Waals surface area contributed by atoms with Crippen LogP contribution >= 0.6 is 0 Å². The second kappa shape index (κ2) is 8.11. The SMILES string of the molecule is CCOC1CN(C(=O)c2cc(NCc3c(C)cccc3C)c3nc(C)c(C)n3c2)C1. The molecule has 0 bridgehead atoms. The molecule has 0 unspecified atom stereocenters. The highest BCUT2D eigenvalue weighted by atomic mass is 16.5. The molecule has 2 aromatic heterocycles. The van der Waals surface area contributed by atoms with Crippen molar-refractivity contribution in [1.29, 1.82) is 0 Å². The third kappa shape index (κ3) is 3.67. The lowest BCUT2D eigenvalue weighted by Crippen LogP contribution is -2.54. The van der Waals surface area contributed by atoms with E-state index < -0.39 is 0 Å². The fourth-order valence-corrected chi connectivity index (χ4v) is 4.06. The number of rotatable bonds is 6. The maximum absolute atomic E-state index is 13.1. The predicted molar refractivity (Wildman–Crippen MR) is 119 cm³/mol. The first-order valence-corrected chi connectivity index (χ1v) is 10.6. The minimum Gasteiger partial charge on any atom is -0.378 e. The molecule has 1 amide bonds. The number of aryl methyl sites for hydroxylation is 4. The van der Waals surface area contributed by atoms with Gasteiger partial charge in [0.05, 0.1) is 23.0 Å². The number of pyridine rings is 1. The summed E-state index contributed by atoms with van der Waals surface area (Å²) >= 11 is 0. The van der Waals surface area contributed by atoms with E-state index in [2.05, 4.69) is 37.4 Å². The van der Waals surface area contributed by atoms with Gasteiger partial charge in [0.15, 0.2) is 5.65 Å². The zero-order chi connectivity index (χ0) is 21.4. The molecule has 0 spiro atoms. The Morgan fingerprint density at radius 2 is 1.90 bits per heavy atom. The first-order chi connectivity index (χ1) is 14.4. The van der Waals surface area contributed by atoms with Crippen LogP contribution in [0.2, 0.25) is 0 Å². The molecular formula is C24H30N4O2. The third-order valence-electron chi connectivity index (χ3n) is 6.08. The lowest BCUT2D eigenvalue weighted by Gasteiger charge is -2.38. The quantitative estimate of drug-likeness (QED) is 0.671. The molecule has 1 fully saturated rings. The normalized spacial score (nSPS) is 14.2. The predicted octanol–water partition coefficient (Wildman–Crippen LogP) is 4.04. The van der Waals surface area contributed by atoms with Gasteiger partial charge in [-0.3, -0.25) is 4.79 Å². The molecule has 1 aliphatic rings. The van der Waals surface area contributed by atoms with Gasteiger partial charge in [-0.2, -0.15) is 0 Å². The molecule has 3 aromatic rings. The molecule has 4 rings (SSSR count). The number of likely N-dealkylation sites (tertiary alicyclic amines) is 1. The Hall–Kier alpha value is -2.86. The van der Waals surface area contributed by atoms with E-state index in [1.807, 2.05) is 42.3 Å². The molecule has 1 aliphatic heterocycles. The number of hydrogen-bond donors (Lipinski definition) is 1. The number of carbonyl (C=O) groups is 1. The van der Waals surface area contributed by atoms with Gasteiger partial charge in [0.1, 0.15) is 0 Å². The van der Waals surface area contributed by atoms with Gasteiger partial charge in [-0.1, -0.05) is 18.2 Å². The highest BCUT2D eigenvalue weighted by molar-refractivity contribution is 5.96. The van der Waals surface area contributed by atoms with Crippen molar-refractivity contribution < 1.29 is 9.53 Å². The molecule has 6 nitrogen and oxygen atoms in total. The summed E-state index contributed by atoms with van der Waals surface area (Å²) in [5, 5.41) is 3.55. The van der Waals surface area contributed by atoms with Crippen LogP contribution in [0, 0.1) is 27.7 Å². The van der Waals surface area contributed by atoms with Gasteiger partial charge < -0.3 is 19.4 Å². The molecule has 3 heterocycles. The van der Waals surface area contributed by atoms with Crippen molar-refractivity contribution in [3.05, 3.63) is 64.1 Å². The Labute approximate surface area is 177 Å². The van der Waals surface area contributed by atoms with Crippen molar-refractivity contribution in [2.45, 2.75) is 47.3 Å². The molecular weight excluding hydrogens is 376 g/mol. The number of hydrogen-bond acceptors (Lipinski definition) is 4. The molecule has 0 saturated carbocycles. The van der Waals surface area contributed by atoms with E-state index in [0.29, 0.717) is 31.8 Å².